The minimum atomic E-state index is -0.422. The highest BCUT2D eigenvalue weighted by molar-refractivity contribution is 5.27. The van der Waals surface area contributed by atoms with Crippen LogP contribution in [0.4, 0.5) is 0 Å². The maximum Gasteiger partial charge on any atom is 0.181 e. The summed E-state index contributed by atoms with van der Waals surface area (Å²) in [4.78, 5) is 0. The maximum atomic E-state index is 9.96. The smallest absolute Gasteiger partial charge is 0.181 e. The van der Waals surface area contributed by atoms with Crippen LogP contribution in [0.3, 0.4) is 0 Å². The molecule has 4 heteroatoms. The molecule has 3 atom stereocenters. The molecule has 3 unspecified atom stereocenters. The van der Waals surface area contributed by atoms with Crippen LogP contribution in [-0.4, -0.2) is 23.9 Å². The van der Waals surface area contributed by atoms with Gasteiger partial charge in [-0.15, -0.1) is 0 Å². The van der Waals surface area contributed by atoms with E-state index in [0.29, 0.717) is 5.92 Å². The highest BCUT2D eigenvalue weighted by Crippen LogP contribution is 2.27. The molecule has 126 valence electrons. The molecule has 0 heterocycles. The summed E-state index contributed by atoms with van der Waals surface area (Å²) in [6, 6.07) is 9.92. The van der Waals surface area contributed by atoms with Crippen LogP contribution in [0.2, 0.25) is 0 Å². The third kappa shape index (κ3) is 6.21. The first-order valence-corrected chi connectivity index (χ1v) is 8.73. The summed E-state index contributed by atoms with van der Waals surface area (Å²) >= 11 is 0. The van der Waals surface area contributed by atoms with Crippen molar-refractivity contribution in [3.8, 4) is 11.8 Å². The van der Waals surface area contributed by atoms with E-state index in [1.165, 1.54) is 24.8 Å². The van der Waals surface area contributed by atoms with Gasteiger partial charge in [-0.1, -0.05) is 25.0 Å². The number of hydrogen-bond acceptors (Lipinski definition) is 4. The van der Waals surface area contributed by atoms with Crippen molar-refractivity contribution in [3.63, 3.8) is 0 Å². The Morgan fingerprint density at radius 1 is 1.30 bits per heavy atom. The molecule has 1 fully saturated rings. The summed E-state index contributed by atoms with van der Waals surface area (Å²) in [6.45, 7) is 3.55. The molecule has 0 amide bonds. The van der Waals surface area contributed by atoms with Crippen molar-refractivity contribution in [2.24, 2.45) is 5.92 Å². The molecule has 0 aromatic heterocycles. The highest BCUT2D eigenvalue weighted by atomic mass is 16.5. The Labute approximate surface area is 139 Å². The number of benzene rings is 1. The van der Waals surface area contributed by atoms with E-state index in [4.69, 9.17) is 10.00 Å². The van der Waals surface area contributed by atoms with Crippen LogP contribution in [-0.2, 0) is 6.54 Å². The number of nitriles is 1. The lowest BCUT2D eigenvalue weighted by atomic mass is 9.83. The summed E-state index contributed by atoms with van der Waals surface area (Å²) in [7, 11) is 0. The van der Waals surface area contributed by atoms with Crippen LogP contribution in [0.15, 0.2) is 24.3 Å². The minimum Gasteiger partial charge on any atom is -0.476 e. The fraction of sp³-hybridized carbons (Fsp3) is 0.632. The van der Waals surface area contributed by atoms with Crippen LogP contribution in [0.25, 0.3) is 0 Å². The standard InChI is InChI=1S/C19H28N2O2/c1-15(13-20)23-18-10-8-16(9-11-18)14-21-12-4-6-17-5-2-3-7-19(17)22/h8-11,15,17,19,21-22H,2-7,12,14H2,1H3. The minimum absolute atomic E-state index is 0.0768. The SMILES string of the molecule is CC(C#N)Oc1ccc(CNCCCC2CCCCC2O)cc1. The summed E-state index contributed by atoms with van der Waals surface area (Å²) in [5.41, 5.74) is 1.21. The van der Waals surface area contributed by atoms with Gasteiger partial charge in [0, 0.05) is 6.54 Å². The lowest BCUT2D eigenvalue weighted by Crippen LogP contribution is -2.25. The first kappa shape index (κ1) is 17.8. The van der Waals surface area contributed by atoms with Crippen molar-refractivity contribution in [1.82, 2.24) is 5.32 Å². The molecule has 4 nitrogen and oxygen atoms in total. The van der Waals surface area contributed by atoms with Gasteiger partial charge >= 0.3 is 0 Å². The molecule has 0 bridgehead atoms. The Morgan fingerprint density at radius 2 is 2.04 bits per heavy atom. The zero-order valence-electron chi connectivity index (χ0n) is 14.0. The summed E-state index contributed by atoms with van der Waals surface area (Å²) in [5.74, 6) is 1.23. The van der Waals surface area contributed by atoms with Gasteiger partial charge in [0.1, 0.15) is 11.8 Å². The fourth-order valence-electron chi connectivity index (χ4n) is 3.16. The molecule has 1 aliphatic carbocycles. The van der Waals surface area contributed by atoms with Crippen molar-refractivity contribution in [3.05, 3.63) is 29.8 Å². The van der Waals surface area contributed by atoms with E-state index >= 15 is 0 Å². The van der Waals surface area contributed by atoms with Crippen LogP contribution in [0.5, 0.6) is 5.75 Å². The van der Waals surface area contributed by atoms with Gasteiger partial charge in [-0.2, -0.15) is 5.26 Å². The van der Waals surface area contributed by atoms with E-state index in [9.17, 15) is 5.11 Å². The zero-order valence-corrected chi connectivity index (χ0v) is 14.0. The Morgan fingerprint density at radius 3 is 2.74 bits per heavy atom. The lowest BCUT2D eigenvalue weighted by Gasteiger charge is -2.27. The molecule has 1 saturated carbocycles. The van der Waals surface area contributed by atoms with Crippen molar-refractivity contribution in [2.45, 2.75) is 64.2 Å². The number of hydrogen-bond donors (Lipinski definition) is 2. The monoisotopic (exact) mass is 316 g/mol. The Bertz CT molecular complexity index is 495. The molecule has 1 aromatic rings. The number of ether oxygens (including phenoxy) is 1. The second-order valence-electron chi connectivity index (χ2n) is 6.46. The van der Waals surface area contributed by atoms with Gasteiger partial charge in [0.05, 0.1) is 6.10 Å². The van der Waals surface area contributed by atoms with E-state index < -0.39 is 6.10 Å². The summed E-state index contributed by atoms with van der Waals surface area (Å²) in [6.07, 6.45) is 6.36. The first-order chi connectivity index (χ1) is 11.2. The summed E-state index contributed by atoms with van der Waals surface area (Å²) in [5, 5.41) is 22.1. The number of nitrogens with one attached hydrogen (secondary N) is 1. The Hall–Kier alpha value is -1.57. The third-order valence-electron chi connectivity index (χ3n) is 4.54. The molecule has 2 N–H and O–H groups in total. The zero-order chi connectivity index (χ0) is 16.5. The van der Waals surface area contributed by atoms with Gasteiger partial charge < -0.3 is 15.2 Å². The maximum absolute atomic E-state index is 9.96. The highest BCUT2D eigenvalue weighted by Gasteiger charge is 2.21. The van der Waals surface area contributed by atoms with Gasteiger partial charge in [0.2, 0.25) is 0 Å². The van der Waals surface area contributed by atoms with Gasteiger partial charge in [-0.05, 0) is 62.8 Å². The molecule has 1 aromatic carbocycles. The molecule has 0 radical (unpaired) electrons. The van der Waals surface area contributed by atoms with Crippen molar-refractivity contribution in [1.29, 1.82) is 5.26 Å². The van der Waals surface area contributed by atoms with Crippen molar-refractivity contribution < 1.29 is 9.84 Å². The molecular weight excluding hydrogens is 288 g/mol. The van der Waals surface area contributed by atoms with Crippen LogP contribution < -0.4 is 10.1 Å². The predicted octanol–water partition coefficient (Wildman–Crippen LogP) is 3.40. The van der Waals surface area contributed by atoms with Gasteiger partial charge in [0.25, 0.3) is 0 Å². The van der Waals surface area contributed by atoms with Crippen LogP contribution in [0, 0.1) is 17.2 Å². The summed E-state index contributed by atoms with van der Waals surface area (Å²) < 4.78 is 5.43. The molecule has 0 spiro atoms. The first-order valence-electron chi connectivity index (χ1n) is 8.73. The normalized spacial score (nSPS) is 22.3. The van der Waals surface area contributed by atoms with Gasteiger partial charge in [-0.3, -0.25) is 0 Å². The van der Waals surface area contributed by atoms with Crippen molar-refractivity contribution in [2.75, 3.05) is 6.54 Å². The third-order valence-corrected chi connectivity index (χ3v) is 4.54. The van der Waals surface area contributed by atoms with Crippen molar-refractivity contribution >= 4 is 0 Å². The average Bonchev–Trinajstić information content (AvgIpc) is 2.57. The van der Waals surface area contributed by atoms with Gasteiger partial charge in [-0.25, -0.2) is 0 Å². The van der Waals surface area contributed by atoms with E-state index in [1.807, 2.05) is 24.3 Å². The van der Waals surface area contributed by atoms with E-state index in [-0.39, 0.29) is 6.10 Å². The quantitative estimate of drug-likeness (QED) is 0.721. The molecule has 23 heavy (non-hydrogen) atoms. The number of nitrogens with zero attached hydrogens (tertiary/aromatic N) is 1. The van der Waals surface area contributed by atoms with Gasteiger partial charge in [0.15, 0.2) is 6.10 Å². The second kappa shape index (κ2) is 9.54. The largest absolute Gasteiger partial charge is 0.476 e. The molecule has 0 saturated heterocycles. The Balaban J connectivity index is 1.61. The number of aliphatic hydroxyl groups is 1. The number of aliphatic hydroxyl groups excluding tert-OH is 1. The number of rotatable bonds is 8. The van der Waals surface area contributed by atoms with Crippen LogP contribution >= 0.6 is 0 Å². The molecule has 2 rings (SSSR count). The van der Waals surface area contributed by atoms with Crippen LogP contribution in [0.1, 0.15) is 51.0 Å². The predicted molar refractivity (Wildman–Crippen MR) is 91.1 cm³/mol. The van der Waals surface area contributed by atoms with E-state index in [2.05, 4.69) is 11.4 Å². The fourth-order valence-corrected chi connectivity index (χ4v) is 3.16. The topological polar surface area (TPSA) is 65.3 Å². The molecular formula is C19H28N2O2. The molecule has 0 aliphatic heterocycles. The van der Waals surface area contributed by atoms with E-state index in [1.54, 1.807) is 6.92 Å². The molecule has 1 aliphatic rings. The Kier molecular flexibility index (Phi) is 7.38. The lowest BCUT2D eigenvalue weighted by molar-refractivity contribution is 0.0643. The van der Waals surface area contributed by atoms with E-state index in [0.717, 1.165) is 38.1 Å². The average molecular weight is 316 g/mol. The second-order valence-corrected chi connectivity index (χ2v) is 6.46.